The van der Waals surface area contributed by atoms with Crippen molar-refractivity contribution in [3.63, 3.8) is 0 Å². The van der Waals surface area contributed by atoms with Crippen molar-refractivity contribution < 1.29 is 22.8 Å². The first-order valence-corrected chi connectivity index (χ1v) is 5.29. The first-order chi connectivity index (χ1) is 8.89. The van der Waals surface area contributed by atoms with Crippen LogP contribution in [0.2, 0.25) is 0 Å². The van der Waals surface area contributed by atoms with Gasteiger partial charge in [0, 0.05) is 17.8 Å². The van der Waals surface area contributed by atoms with Gasteiger partial charge >= 0.3 is 6.18 Å². The molecule has 0 bridgehead atoms. The SMILES string of the molecule is O=C1C=C/C(=C\C(=O)C(F)(F)F)N1c1ccccc1. The van der Waals surface area contributed by atoms with E-state index in [-0.39, 0.29) is 5.70 Å². The third kappa shape index (κ3) is 2.73. The molecule has 1 aliphatic rings. The van der Waals surface area contributed by atoms with Crippen LogP contribution in [0, 0.1) is 0 Å². The third-order valence-electron chi connectivity index (χ3n) is 2.45. The zero-order valence-electron chi connectivity index (χ0n) is 9.52. The lowest BCUT2D eigenvalue weighted by Crippen LogP contribution is -2.26. The van der Waals surface area contributed by atoms with Crippen molar-refractivity contribution in [1.82, 2.24) is 0 Å². The first kappa shape index (κ1) is 13.1. The summed E-state index contributed by atoms with van der Waals surface area (Å²) >= 11 is 0. The number of allylic oxidation sites excluding steroid dienone is 2. The molecule has 0 aromatic heterocycles. The Kier molecular flexibility index (Phi) is 3.25. The maximum absolute atomic E-state index is 12.2. The average Bonchev–Trinajstić information content (AvgIpc) is 2.70. The standard InChI is InChI=1S/C13H8F3NO2/c14-13(15,16)11(18)8-10-6-7-12(19)17(10)9-4-2-1-3-5-9/h1-8H/b10-8+. The molecule has 1 aliphatic heterocycles. The molecule has 0 unspecified atom stereocenters. The highest BCUT2D eigenvalue weighted by Crippen LogP contribution is 2.26. The number of halogens is 3. The molecule has 1 heterocycles. The van der Waals surface area contributed by atoms with E-state index in [0.717, 1.165) is 11.0 Å². The number of benzene rings is 1. The van der Waals surface area contributed by atoms with E-state index in [1.807, 2.05) is 0 Å². The van der Waals surface area contributed by atoms with Gasteiger partial charge in [-0.05, 0) is 18.2 Å². The van der Waals surface area contributed by atoms with E-state index in [2.05, 4.69) is 0 Å². The van der Waals surface area contributed by atoms with E-state index < -0.39 is 17.9 Å². The van der Waals surface area contributed by atoms with Crippen LogP contribution in [0.25, 0.3) is 0 Å². The number of nitrogens with zero attached hydrogens (tertiary/aromatic N) is 1. The molecule has 0 radical (unpaired) electrons. The summed E-state index contributed by atoms with van der Waals surface area (Å²) in [5.41, 5.74) is 0.303. The summed E-state index contributed by atoms with van der Waals surface area (Å²) in [4.78, 5) is 23.6. The van der Waals surface area contributed by atoms with Gasteiger partial charge in [0.15, 0.2) is 0 Å². The molecule has 1 aromatic carbocycles. The molecule has 0 N–H and O–H groups in total. The summed E-state index contributed by atoms with van der Waals surface area (Å²) in [6, 6.07) is 8.13. The fourth-order valence-corrected chi connectivity index (χ4v) is 1.62. The normalized spacial score (nSPS) is 17.3. The van der Waals surface area contributed by atoms with Crippen molar-refractivity contribution in [2.24, 2.45) is 0 Å². The van der Waals surface area contributed by atoms with E-state index in [1.54, 1.807) is 30.3 Å². The molecule has 6 heteroatoms. The Morgan fingerprint density at radius 3 is 2.32 bits per heavy atom. The number of hydrogen-bond acceptors (Lipinski definition) is 2. The fourth-order valence-electron chi connectivity index (χ4n) is 1.62. The van der Waals surface area contributed by atoms with Crippen molar-refractivity contribution in [2.45, 2.75) is 6.18 Å². The van der Waals surface area contributed by atoms with E-state index >= 15 is 0 Å². The number of anilines is 1. The zero-order chi connectivity index (χ0) is 14.0. The van der Waals surface area contributed by atoms with Crippen LogP contribution in [0.4, 0.5) is 18.9 Å². The van der Waals surface area contributed by atoms with E-state index in [9.17, 15) is 22.8 Å². The number of carbonyl (C=O) groups excluding carboxylic acids is 2. The zero-order valence-corrected chi connectivity index (χ0v) is 9.52. The van der Waals surface area contributed by atoms with Gasteiger partial charge in [0.05, 0.1) is 5.70 Å². The van der Waals surface area contributed by atoms with Gasteiger partial charge in [-0.15, -0.1) is 0 Å². The molecule has 0 aliphatic carbocycles. The maximum Gasteiger partial charge on any atom is 0.454 e. The molecule has 1 amide bonds. The Bertz CT molecular complexity index is 573. The predicted octanol–water partition coefficient (Wildman–Crippen LogP) is 2.60. The van der Waals surface area contributed by atoms with Crippen LogP contribution in [0.15, 0.2) is 54.3 Å². The van der Waals surface area contributed by atoms with Crippen LogP contribution in [0.3, 0.4) is 0 Å². The van der Waals surface area contributed by atoms with Gasteiger partial charge in [0.1, 0.15) is 0 Å². The van der Waals surface area contributed by atoms with E-state index in [4.69, 9.17) is 0 Å². The summed E-state index contributed by atoms with van der Waals surface area (Å²) in [6.45, 7) is 0. The van der Waals surface area contributed by atoms with Crippen molar-refractivity contribution >= 4 is 17.4 Å². The number of amides is 1. The summed E-state index contributed by atoms with van der Waals surface area (Å²) < 4.78 is 36.6. The quantitative estimate of drug-likeness (QED) is 0.772. The highest BCUT2D eigenvalue weighted by atomic mass is 19.4. The number of ketones is 1. The Labute approximate surface area is 106 Å². The maximum atomic E-state index is 12.2. The van der Waals surface area contributed by atoms with Gasteiger partial charge < -0.3 is 0 Å². The molecule has 1 aromatic rings. The number of alkyl halides is 3. The number of para-hydroxylation sites is 1. The fraction of sp³-hybridized carbons (Fsp3) is 0.0769. The minimum atomic E-state index is -4.95. The Hall–Kier alpha value is -2.37. The number of rotatable bonds is 2. The molecule has 0 saturated heterocycles. The van der Waals surface area contributed by atoms with E-state index in [0.29, 0.717) is 11.8 Å². The lowest BCUT2D eigenvalue weighted by molar-refractivity contribution is -0.165. The Morgan fingerprint density at radius 1 is 1.11 bits per heavy atom. The molecule has 19 heavy (non-hydrogen) atoms. The van der Waals surface area contributed by atoms with Gasteiger partial charge in [-0.25, -0.2) is 0 Å². The summed E-state index contributed by atoms with van der Waals surface area (Å²) in [7, 11) is 0. The van der Waals surface area contributed by atoms with Crippen LogP contribution in [0.1, 0.15) is 0 Å². The molecule has 98 valence electrons. The first-order valence-electron chi connectivity index (χ1n) is 5.29. The van der Waals surface area contributed by atoms with Crippen molar-refractivity contribution in [1.29, 1.82) is 0 Å². The molecule has 2 rings (SSSR count). The van der Waals surface area contributed by atoms with Gasteiger partial charge in [-0.2, -0.15) is 13.2 Å². The second-order valence-corrected chi connectivity index (χ2v) is 3.77. The average molecular weight is 267 g/mol. The Balaban J connectivity index is 2.36. The summed E-state index contributed by atoms with van der Waals surface area (Å²) in [5.74, 6) is -2.49. The van der Waals surface area contributed by atoms with Gasteiger partial charge in [0.2, 0.25) is 0 Å². The van der Waals surface area contributed by atoms with Crippen molar-refractivity contribution in [3.8, 4) is 0 Å². The lowest BCUT2D eigenvalue weighted by atomic mass is 10.2. The highest BCUT2D eigenvalue weighted by molar-refractivity contribution is 6.10. The number of carbonyl (C=O) groups is 2. The highest BCUT2D eigenvalue weighted by Gasteiger charge is 2.37. The minimum Gasteiger partial charge on any atom is -0.285 e. The summed E-state index contributed by atoms with van der Waals surface area (Å²) in [5, 5.41) is 0. The van der Waals surface area contributed by atoms with Gasteiger partial charge in [0.25, 0.3) is 11.7 Å². The largest absolute Gasteiger partial charge is 0.454 e. The van der Waals surface area contributed by atoms with E-state index in [1.165, 1.54) is 6.08 Å². The molecular weight excluding hydrogens is 259 g/mol. The predicted molar refractivity (Wildman–Crippen MR) is 62.2 cm³/mol. The van der Waals surface area contributed by atoms with Crippen LogP contribution in [-0.2, 0) is 9.59 Å². The van der Waals surface area contributed by atoms with Crippen LogP contribution >= 0.6 is 0 Å². The van der Waals surface area contributed by atoms with Crippen LogP contribution in [-0.4, -0.2) is 17.9 Å². The number of hydrogen-bond donors (Lipinski definition) is 0. The summed E-state index contributed by atoms with van der Waals surface area (Å²) in [6.07, 6.45) is -2.25. The molecule has 0 spiro atoms. The molecule has 0 fully saturated rings. The van der Waals surface area contributed by atoms with Crippen molar-refractivity contribution in [3.05, 3.63) is 54.3 Å². The second-order valence-electron chi connectivity index (χ2n) is 3.77. The Morgan fingerprint density at radius 2 is 1.74 bits per heavy atom. The van der Waals surface area contributed by atoms with Crippen LogP contribution in [0.5, 0.6) is 0 Å². The minimum absolute atomic E-state index is 0.0986. The molecular formula is C13H8F3NO2. The molecule has 0 saturated carbocycles. The molecule has 0 atom stereocenters. The topological polar surface area (TPSA) is 37.4 Å². The van der Waals surface area contributed by atoms with Gasteiger partial charge in [-0.1, -0.05) is 18.2 Å². The third-order valence-corrected chi connectivity index (χ3v) is 2.45. The van der Waals surface area contributed by atoms with Gasteiger partial charge in [-0.3, -0.25) is 14.5 Å². The monoisotopic (exact) mass is 267 g/mol. The molecule has 3 nitrogen and oxygen atoms in total. The van der Waals surface area contributed by atoms with Crippen molar-refractivity contribution in [2.75, 3.05) is 4.90 Å². The second kappa shape index (κ2) is 4.72. The smallest absolute Gasteiger partial charge is 0.285 e. The van der Waals surface area contributed by atoms with Crippen LogP contribution < -0.4 is 4.90 Å². The lowest BCUT2D eigenvalue weighted by Gasteiger charge is -2.18.